The van der Waals surface area contributed by atoms with Gasteiger partial charge in [-0.1, -0.05) is 34.3 Å². The summed E-state index contributed by atoms with van der Waals surface area (Å²) in [7, 11) is 1.62. The summed E-state index contributed by atoms with van der Waals surface area (Å²) < 4.78 is 0. The van der Waals surface area contributed by atoms with Gasteiger partial charge in [0.2, 0.25) is 0 Å². The molecule has 0 bridgehead atoms. The van der Waals surface area contributed by atoms with Crippen LogP contribution in [0.5, 0.6) is 0 Å². The predicted molar refractivity (Wildman–Crippen MR) is 50.4 cm³/mol. The second kappa shape index (κ2) is 24.1. The molecular formula is C8H20N2. The van der Waals surface area contributed by atoms with E-state index in [1.807, 2.05) is 27.7 Å². The first-order chi connectivity index (χ1) is 4.81. The molecule has 0 heterocycles. The van der Waals surface area contributed by atoms with Crippen molar-refractivity contribution in [1.29, 1.82) is 0 Å². The van der Waals surface area contributed by atoms with E-state index in [1.54, 1.807) is 7.05 Å². The maximum Gasteiger partial charge on any atom is 0.117 e. The second-order valence-corrected chi connectivity index (χ2v) is 0.853. The van der Waals surface area contributed by atoms with Gasteiger partial charge in [0, 0.05) is 7.05 Å². The van der Waals surface area contributed by atoms with Crippen LogP contribution < -0.4 is 5.73 Å². The molecule has 0 spiro atoms. The summed E-state index contributed by atoms with van der Waals surface area (Å²) in [5.41, 5.74) is 5.10. The quantitative estimate of drug-likeness (QED) is 0.444. The zero-order chi connectivity index (χ0) is 8.99. The molecule has 2 heteroatoms. The Morgan fingerprint density at radius 2 is 1.60 bits per heavy atom. The summed E-state index contributed by atoms with van der Waals surface area (Å²) in [5, 5.41) is 0. The third-order valence-electron chi connectivity index (χ3n) is 0.467. The van der Waals surface area contributed by atoms with Gasteiger partial charge in [0.1, 0.15) is 5.84 Å². The predicted octanol–water partition coefficient (Wildman–Crippen LogP) is 2.21. The molecular weight excluding hydrogens is 124 g/mol. The normalized spacial score (nSPS) is 7.90. The Morgan fingerprint density at radius 1 is 1.30 bits per heavy atom. The van der Waals surface area contributed by atoms with Gasteiger partial charge in [-0.15, -0.1) is 0 Å². The van der Waals surface area contributed by atoms with E-state index < -0.39 is 0 Å². The molecule has 0 rings (SSSR count). The van der Waals surface area contributed by atoms with Crippen LogP contribution in [0, 0.1) is 0 Å². The van der Waals surface area contributed by atoms with Crippen LogP contribution in [0.25, 0.3) is 0 Å². The fraction of sp³-hybridized carbons (Fsp3) is 0.625. The van der Waals surface area contributed by atoms with Gasteiger partial charge in [0.15, 0.2) is 0 Å². The first kappa shape index (κ1) is 16.1. The average molecular weight is 144 g/mol. The molecule has 62 valence electrons. The van der Waals surface area contributed by atoms with Gasteiger partial charge in [0.05, 0.1) is 0 Å². The number of nitrogens with two attached hydrogens (primary N) is 1. The minimum atomic E-state index is 0.481. The highest BCUT2D eigenvalue weighted by atomic mass is 14.8. The summed E-state index contributed by atoms with van der Waals surface area (Å²) in [6.45, 7) is 11.4. The number of aliphatic imine (C=N–C) groups is 1. The first-order valence-corrected chi connectivity index (χ1v) is 3.66. The maximum atomic E-state index is 5.10. The lowest BCUT2D eigenvalue weighted by Crippen LogP contribution is -2.05. The molecule has 2 nitrogen and oxygen atoms in total. The highest BCUT2D eigenvalue weighted by Crippen LogP contribution is 1.60. The number of amidine groups is 1. The molecule has 0 fully saturated rings. The summed E-state index contributed by atoms with van der Waals surface area (Å²) in [4.78, 5) is 3.58. The largest absolute Gasteiger partial charge is 0.384 e. The standard InChI is InChI=1S/C4H8N2.2C2H6/c1-3-4(5)6-2;2*1-2/h3H,1H2,2H3,(H2,5,6);2*1-2H3. The molecule has 0 saturated carbocycles. The molecule has 0 amide bonds. The lowest BCUT2D eigenvalue weighted by molar-refractivity contribution is 1.41. The van der Waals surface area contributed by atoms with Crippen molar-refractivity contribution in [3.63, 3.8) is 0 Å². The average Bonchev–Trinajstić information content (AvgIpc) is 2.10. The van der Waals surface area contributed by atoms with Crippen LogP contribution in [0.3, 0.4) is 0 Å². The molecule has 10 heavy (non-hydrogen) atoms. The topological polar surface area (TPSA) is 38.4 Å². The molecule has 0 aromatic heterocycles. The van der Waals surface area contributed by atoms with Crippen LogP contribution in [0.1, 0.15) is 27.7 Å². The Balaban J connectivity index is -0.000000105. The fourth-order valence-electron chi connectivity index (χ4n) is 0.0913. The van der Waals surface area contributed by atoms with Crippen LogP contribution >= 0.6 is 0 Å². The van der Waals surface area contributed by atoms with E-state index in [-0.39, 0.29) is 0 Å². The molecule has 0 atom stereocenters. The number of hydrogen-bond donors (Lipinski definition) is 1. The highest BCUT2D eigenvalue weighted by Gasteiger charge is 1.68. The Bertz CT molecular complexity index is 75.3. The summed E-state index contributed by atoms with van der Waals surface area (Å²) >= 11 is 0. The molecule has 2 N–H and O–H groups in total. The SMILES string of the molecule is C=CC(N)=NC.CC.CC. The lowest BCUT2D eigenvalue weighted by Gasteiger charge is -1.79. The van der Waals surface area contributed by atoms with Gasteiger partial charge in [0.25, 0.3) is 0 Å². The Labute approximate surface area is 64.9 Å². The van der Waals surface area contributed by atoms with Crippen molar-refractivity contribution in [3.05, 3.63) is 12.7 Å². The van der Waals surface area contributed by atoms with Gasteiger partial charge >= 0.3 is 0 Å². The zero-order valence-corrected chi connectivity index (χ0v) is 7.81. The van der Waals surface area contributed by atoms with E-state index in [9.17, 15) is 0 Å². The molecule has 0 aliphatic carbocycles. The van der Waals surface area contributed by atoms with Crippen molar-refractivity contribution in [2.24, 2.45) is 10.7 Å². The fourth-order valence-corrected chi connectivity index (χ4v) is 0.0913. The molecule has 0 saturated heterocycles. The van der Waals surface area contributed by atoms with Crippen molar-refractivity contribution in [2.75, 3.05) is 7.05 Å². The van der Waals surface area contributed by atoms with Crippen LogP contribution in [-0.4, -0.2) is 12.9 Å². The molecule has 0 aromatic rings. The third-order valence-corrected chi connectivity index (χ3v) is 0.467. The number of nitrogens with zero attached hydrogens (tertiary/aromatic N) is 1. The Morgan fingerprint density at radius 3 is 1.60 bits per heavy atom. The van der Waals surface area contributed by atoms with Crippen molar-refractivity contribution in [3.8, 4) is 0 Å². The molecule has 0 radical (unpaired) electrons. The summed E-state index contributed by atoms with van der Waals surface area (Å²) in [6.07, 6.45) is 1.50. The van der Waals surface area contributed by atoms with Gasteiger partial charge in [-0.3, -0.25) is 4.99 Å². The van der Waals surface area contributed by atoms with E-state index in [1.165, 1.54) is 6.08 Å². The maximum absolute atomic E-state index is 5.10. The van der Waals surface area contributed by atoms with Gasteiger partial charge in [-0.2, -0.15) is 0 Å². The van der Waals surface area contributed by atoms with E-state index >= 15 is 0 Å². The van der Waals surface area contributed by atoms with Gasteiger partial charge < -0.3 is 5.73 Å². The van der Waals surface area contributed by atoms with Crippen LogP contribution in [0.4, 0.5) is 0 Å². The van der Waals surface area contributed by atoms with E-state index in [0.717, 1.165) is 0 Å². The minimum absolute atomic E-state index is 0.481. The minimum Gasteiger partial charge on any atom is -0.384 e. The van der Waals surface area contributed by atoms with Gasteiger partial charge in [-0.25, -0.2) is 0 Å². The van der Waals surface area contributed by atoms with Crippen molar-refractivity contribution in [2.45, 2.75) is 27.7 Å². The molecule has 0 unspecified atom stereocenters. The Hall–Kier alpha value is -0.790. The van der Waals surface area contributed by atoms with E-state index in [2.05, 4.69) is 11.6 Å². The first-order valence-electron chi connectivity index (χ1n) is 3.66. The lowest BCUT2D eigenvalue weighted by atomic mass is 10.6. The highest BCUT2D eigenvalue weighted by molar-refractivity contribution is 5.90. The summed E-state index contributed by atoms with van der Waals surface area (Å²) in [5.74, 6) is 0.481. The van der Waals surface area contributed by atoms with Crippen molar-refractivity contribution in [1.82, 2.24) is 0 Å². The van der Waals surface area contributed by atoms with Crippen LogP contribution in [0.2, 0.25) is 0 Å². The molecule has 0 aliphatic heterocycles. The van der Waals surface area contributed by atoms with E-state index in [4.69, 9.17) is 5.73 Å². The number of hydrogen-bond acceptors (Lipinski definition) is 1. The molecule has 0 aliphatic rings. The van der Waals surface area contributed by atoms with Gasteiger partial charge in [-0.05, 0) is 6.08 Å². The second-order valence-electron chi connectivity index (χ2n) is 0.853. The summed E-state index contributed by atoms with van der Waals surface area (Å²) in [6, 6.07) is 0. The van der Waals surface area contributed by atoms with E-state index in [0.29, 0.717) is 5.84 Å². The number of rotatable bonds is 1. The van der Waals surface area contributed by atoms with Crippen molar-refractivity contribution < 1.29 is 0 Å². The molecule has 0 aromatic carbocycles. The zero-order valence-electron chi connectivity index (χ0n) is 7.81. The van der Waals surface area contributed by atoms with Crippen LogP contribution in [0.15, 0.2) is 17.6 Å². The monoisotopic (exact) mass is 144 g/mol. The smallest absolute Gasteiger partial charge is 0.117 e. The van der Waals surface area contributed by atoms with Crippen molar-refractivity contribution >= 4 is 5.84 Å². The van der Waals surface area contributed by atoms with Crippen LogP contribution in [-0.2, 0) is 0 Å². The third kappa shape index (κ3) is 27.0. The Kier molecular flexibility index (Phi) is 38.8.